The first kappa shape index (κ1) is 10.4. The first-order valence-corrected chi connectivity index (χ1v) is 4.17. The standard InChI is InChI=1S/C8H17N2O/c1-3-4-5-6-10-8(11)7(2)9/h7,9H,3-6H2,1-2H3,(H,10,11). The first-order chi connectivity index (χ1) is 5.18. The number of hydrogen-bond acceptors (Lipinski definition) is 1. The van der Waals surface area contributed by atoms with E-state index >= 15 is 0 Å². The van der Waals surface area contributed by atoms with Crippen molar-refractivity contribution in [1.82, 2.24) is 11.1 Å². The predicted octanol–water partition coefficient (Wildman–Crippen LogP) is 0.964. The van der Waals surface area contributed by atoms with Crippen LogP contribution in [0.2, 0.25) is 0 Å². The number of amides is 1. The maximum absolute atomic E-state index is 10.8. The topological polar surface area (TPSA) is 52.9 Å². The van der Waals surface area contributed by atoms with Gasteiger partial charge in [0.2, 0.25) is 5.91 Å². The Bertz CT molecular complexity index is 113. The van der Waals surface area contributed by atoms with Crippen molar-refractivity contribution in [2.24, 2.45) is 0 Å². The summed E-state index contributed by atoms with van der Waals surface area (Å²) in [5.41, 5.74) is 7.05. The Morgan fingerprint density at radius 2 is 2.18 bits per heavy atom. The van der Waals surface area contributed by atoms with Crippen LogP contribution in [0.4, 0.5) is 0 Å². The van der Waals surface area contributed by atoms with E-state index in [0.717, 1.165) is 25.8 Å². The van der Waals surface area contributed by atoms with Gasteiger partial charge >= 0.3 is 0 Å². The molecule has 0 aliphatic heterocycles. The monoisotopic (exact) mass is 157 g/mol. The summed E-state index contributed by atoms with van der Waals surface area (Å²) in [4.78, 5) is 10.8. The van der Waals surface area contributed by atoms with Gasteiger partial charge in [0, 0.05) is 6.54 Å². The average molecular weight is 157 g/mol. The molecule has 0 bridgehead atoms. The maximum atomic E-state index is 10.8. The summed E-state index contributed by atoms with van der Waals surface area (Å²) in [6.07, 6.45) is 3.33. The second-order valence-electron chi connectivity index (χ2n) is 2.72. The lowest BCUT2D eigenvalue weighted by Gasteiger charge is -2.05. The molecule has 0 heterocycles. The van der Waals surface area contributed by atoms with Gasteiger partial charge in [-0.3, -0.25) is 4.79 Å². The second-order valence-corrected chi connectivity index (χ2v) is 2.72. The SMILES string of the molecule is CCCCCNC(=O)C(C)[NH]. The smallest absolute Gasteiger partial charge is 0.238 e. The van der Waals surface area contributed by atoms with Gasteiger partial charge in [0.05, 0.1) is 6.04 Å². The molecule has 1 amide bonds. The van der Waals surface area contributed by atoms with Gasteiger partial charge in [-0.25, -0.2) is 5.73 Å². The van der Waals surface area contributed by atoms with E-state index in [1.807, 2.05) is 0 Å². The second kappa shape index (κ2) is 6.16. The zero-order valence-corrected chi connectivity index (χ0v) is 7.31. The molecule has 0 aliphatic rings. The summed E-state index contributed by atoms with van der Waals surface area (Å²) in [5, 5.41) is 2.69. The molecule has 1 radical (unpaired) electrons. The number of rotatable bonds is 5. The minimum Gasteiger partial charge on any atom is -0.355 e. The molecule has 3 nitrogen and oxygen atoms in total. The maximum Gasteiger partial charge on any atom is 0.238 e. The number of carbonyl (C=O) groups excluding carboxylic acids is 1. The number of unbranched alkanes of at least 4 members (excludes halogenated alkanes) is 2. The molecule has 0 spiro atoms. The quantitative estimate of drug-likeness (QED) is 0.594. The van der Waals surface area contributed by atoms with E-state index in [2.05, 4.69) is 12.2 Å². The van der Waals surface area contributed by atoms with Gasteiger partial charge < -0.3 is 5.32 Å². The molecule has 0 saturated heterocycles. The Morgan fingerprint density at radius 3 is 2.64 bits per heavy atom. The highest BCUT2D eigenvalue weighted by atomic mass is 16.2. The highest BCUT2D eigenvalue weighted by Crippen LogP contribution is 1.91. The van der Waals surface area contributed by atoms with Gasteiger partial charge in [-0.15, -0.1) is 0 Å². The number of nitrogens with one attached hydrogen (secondary N) is 2. The van der Waals surface area contributed by atoms with Crippen molar-refractivity contribution in [3.8, 4) is 0 Å². The molecule has 0 aromatic rings. The lowest BCUT2D eigenvalue weighted by Crippen LogP contribution is -2.34. The fourth-order valence-electron chi connectivity index (χ4n) is 0.740. The van der Waals surface area contributed by atoms with Gasteiger partial charge in [-0.2, -0.15) is 0 Å². The Hall–Kier alpha value is -0.570. The van der Waals surface area contributed by atoms with E-state index in [4.69, 9.17) is 5.73 Å². The van der Waals surface area contributed by atoms with Crippen molar-refractivity contribution < 1.29 is 4.79 Å². The highest BCUT2D eigenvalue weighted by molar-refractivity contribution is 5.80. The molecular weight excluding hydrogens is 140 g/mol. The van der Waals surface area contributed by atoms with E-state index in [1.165, 1.54) is 0 Å². The van der Waals surface area contributed by atoms with E-state index in [-0.39, 0.29) is 5.91 Å². The summed E-state index contributed by atoms with van der Waals surface area (Å²) < 4.78 is 0. The molecule has 2 N–H and O–H groups in total. The van der Waals surface area contributed by atoms with Crippen molar-refractivity contribution in [2.45, 2.75) is 39.2 Å². The molecule has 11 heavy (non-hydrogen) atoms. The highest BCUT2D eigenvalue weighted by Gasteiger charge is 2.05. The molecule has 65 valence electrons. The van der Waals surface area contributed by atoms with Crippen LogP contribution in [0.15, 0.2) is 0 Å². The van der Waals surface area contributed by atoms with E-state index in [9.17, 15) is 4.79 Å². The summed E-state index contributed by atoms with van der Waals surface area (Å²) in [6, 6.07) is -0.628. The third-order valence-electron chi connectivity index (χ3n) is 1.47. The summed E-state index contributed by atoms with van der Waals surface area (Å²) in [6.45, 7) is 4.42. The molecule has 0 rings (SSSR count). The van der Waals surface area contributed by atoms with Gasteiger partial charge in [0.25, 0.3) is 0 Å². The Kier molecular flexibility index (Phi) is 5.84. The van der Waals surface area contributed by atoms with Crippen molar-refractivity contribution in [2.75, 3.05) is 6.54 Å². The summed E-state index contributed by atoms with van der Waals surface area (Å²) in [5.74, 6) is -0.166. The number of carbonyl (C=O) groups is 1. The minimum atomic E-state index is -0.628. The van der Waals surface area contributed by atoms with E-state index < -0.39 is 6.04 Å². The fourth-order valence-corrected chi connectivity index (χ4v) is 0.740. The average Bonchev–Trinajstić information content (AvgIpc) is 1.97. The minimum absolute atomic E-state index is 0.166. The molecule has 3 heteroatoms. The summed E-state index contributed by atoms with van der Waals surface area (Å²) >= 11 is 0. The van der Waals surface area contributed by atoms with Gasteiger partial charge in [-0.1, -0.05) is 19.8 Å². The molecule has 0 aromatic heterocycles. The Morgan fingerprint density at radius 1 is 1.55 bits per heavy atom. The molecule has 1 atom stereocenters. The largest absolute Gasteiger partial charge is 0.355 e. The zero-order valence-electron chi connectivity index (χ0n) is 7.31. The van der Waals surface area contributed by atoms with Gasteiger partial charge in [-0.05, 0) is 13.3 Å². The zero-order chi connectivity index (χ0) is 8.69. The molecule has 0 aromatic carbocycles. The Balaban J connectivity index is 3.18. The molecule has 0 saturated carbocycles. The fraction of sp³-hybridized carbons (Fsp3) is 0.875. The van der Waals surface area contributed by atoms with Crippen molar-refractivity contribution in [1.29, 1.82) is 0 Å². The van der Waals surface area contributed by atoms with Crippen LogP contribution < -0.4 is 11.1 Å². The van der Waals surface area contributed by atoms with Crippen LogP contribution in [-0.2, 0) is 4.79 Å². The third-order valence-corrected chi connectivity index (χ3v) is 1.47. The summed E-state index contributed by atoms with van der Waals surface area (Å²) in [7, 11) is 0. The van der Waals surface area contributed by atoms with Crippen LogP contribution in [0.25, 0.3) is 0 Å². The molecular formula is C8H17N2O. The molecule has 1 unspecified atom stereocenters. The third kappa shape index (κ3) is 5.85. The van der Waals surface area contributed by atoms with Crippen LogP contribution in [-0.4, -0.2) is 18.5 Å². The van der Waals surface area contributed by atoms with Crippen LogP contribution in [0.1, 0.15) is 33.1 Å². The van der Waals surface area contributed by atoms with Crippen LogP contribution in [0.5, 0.6) is 0 Å². The van der Waals surface area contributed by atoms with Gasteiger partial charge in [0.15, 0.2) is 0 Å². The Labute approximate surface area is 68.3 Å². The first-order valence-electron chi connectivity index (χ1n) is 4.17. The van der Waals surface area contributed by atoms with Crippen molar-refractivity contribution in [3.63, 3.8) is 0 Å². The number of hydrogen-bond donors (Lipinski definition) is 1. The van der Waals surface area contributed by atoms with Crippen molar-refractivity contribution in [3.05, 3.63) is 0 Å². The predicted molar refractivity (Wildman–Crippen MR) is 45.1 cm³/mol. The van der Waals surface area contributed by atoms with Gasteiger partial charge in [0.1, 0.15) is 0 Å². The van der Waals surface area contributed by atoms with Crippen LogP contribution in [0.3, 0.4) is 0 Å². The van der Waals surface area contributed by atoms with Crippen LogP contribution >= 0.6 is 0 Å². The molecule has 0 aliphatic carbocycles. The van der Waals surface area contributed by atoms with Crippen LogP contribution in [0, 0.1) is 0 Å². The lowest BCUT2D eigenvalue weighted by molar-refractivity contribution is -0.122. The normalized spacial score (nSPS) is 12.6. The van der Waals surface area contributed by atoms with E-state index in [0.29, 0.717) is 0 Å². The van der Waals surface area contributed by atoms with Crippen molar-refractivity contribution >= 4 is 5.91 Å². The molecule has 0 fully saturated rings. The van der Waals surface area contributed by atoms with E-state index in [1.54, 1.807) is 6.92 Å². The lowest BCUT2D eigenvalue weighted by atomic mass is 10.2.